The molecule has 0 bridgehead atoms. The number of ether oxygens (including phenoxy) is 1. The van der Waals surface area contributed by atoms with E-state index in [1.54, 1.807) is 0 Å². The average molecular weight is 376 g/mol. The van der Waals surface area contributed by atoms with Gasteiger partial charge in [0.15, 0.2) is 0 Å². The Morgan fingerprint density at radius 1 is 1.08 bits per heavy atom. The molecule has 4 rings (SSSR count). The topological polar surface area (TPSA) is 46.6 Å². The molecule has 0 fully saturated rings. The lowest BCUT2D eigenvalue weighted by Gasteiger charge is -2.32. The Morgan fingerprint density at radius 3 is 2.50 bits per heavy atom. The quantitative estimate of drug-likeness (QED) is 0.747. The second-order valence-electron chi connectivity index (χ2n) is 6.03. The highest BCUT2D eigenvalue weighted by molar-refractivity contribution is 6.31. The minimum absolute atomic E-state index is 0.104. The zero-order valence-electron chi connectivity index (χ0n) is 13.3. The number of rotatable bonds is 2. The Bertz CT molecular complexity index is 936. The molecule has 0 saturated heterocycles. The highest BCUT2D eigenvalue weighted by atomic mass is 35.5. The Morgan fingerprint density at radius 2 is 1.81 bits per heavy atom. The first-order valence-electron chi connectivity index (χ1n) is 7.90. The number of anilines is 1. The number of carbonyl (C=O) groups excluding carboxylic acids is 2. The smallest absolute Gasteiger partial charge is 0.336 e. The van der Waals surface area contributed by atoms with E-state index in [1.165, 1.54) is 47.4 Å². The van der Waals surface area contributed by atoms with Gasteiger partial charge in [0.25, 0.3) is 0 Å². The molecule has 2 aromatic rings. The fourth-order valence-corrected chi connectivity index (χ4v) is 3.73. The van der Waals surface area contributed by atoms with Gasteiger partial charge in [-0.3, -0.25) is 9.69 Å². The standard InChI is InChI=1S/C19H12ClF2NO3/c20-13-2-1-3-14(22)17(13)12-8-16(24)23(11-6-4-10(21)5-7-11)15-9-26-19(25)18(12)15/h1-7,12H,8-9H2/t12-/m1/s1. The number of benzene rings is 2. The lowest BCUT2D eigenvalue weighted by Crippen LogP contribution is -2.37. The van der Waals surface area contributed by atoms with Crippen LogP contribution in [0.3, 0.4) is 0 Å². The van der Waals surface area contributed by atoms with Crippen molar-refractivity contribution in [2.24, 2.45) is 0 Å². The highest BCUT2D eigenvalue weighted by Gasteiger charge is 2.44. The summed E-state index contributed by atoms with van der Waals surface area (Å²) in [5, 5.41) is 0.143. The van der Waals surface area contributed by atoms with Crippen LogP contribution in [0.1, 0.15) is 17.9 Å². The summed E-state index contributed by atoms with van der Waals surface area (Å²) in [6.07, 6.45) is -0.147. The van der Waals surface area contributed by atoms with Crippen LogP contribution in [0, 0.1) is 11.6 Å². The molecule has 7 heteroatoms. The summed E-state index contributed by atoms with van der Waals surface area (Å²) < 4.78 is 32.7. The molecule has 1 amide bonds. The molecule has 0 radical (unpaired) electrons. The van der Waals surface area contributed by atoms with Gasteiger partial charge in [0.1, 0.15) is 18.2 Å². The predicted molar refractivity (Wildman–Crippen MR) is 90.6 cm³/mol. The van der Waals surface area contributed by atoms with Gasteiger partial charge < -0.3 is 4.74 Å². The number of esters is 1. The van der Waals surface area contributed by atoms with Crippen molar-refractivity contribution in [3.8, 4) is 0 Å². The van der Waals surface area contributed by atoms with Gasteiger partial charge in [-0.05, 0) is 36.4 Å². The summed E-state index contributed by atoms with van der Waals surface area (Å²) in [5.41, 5.74) is 1.07. The summed E-state index contributed by atoms with van der Waals surface area (Å²) in [4.78, 5) is 26.4. The van der Waals surface area contributed by atoms with Gasteiger partial charge in [-0.2, -0.15) is 0 Å². The molecule has 0 spiro atoms. The summed E-state index contributed by atoms with van der Waals surface area (Å²) in [7, 11) is 0. The van der Waals surface area contributed by atoms with Crippen molar-refractivity contribution in [1.29, 1.82) is 0 Å². The van der Waals surface area contributed by atoms with Crippen LogP contribution in [0.4, 0.5) is 14.5 Å². The molecule has 2 aliphatic rings. The third-order valence-electron chi connectivity index (χ3n) is 4.55. The van der Waals surface area contributed by atoms with Crippen molar-refractivity contribution in [3.63, 3.8) is 0 Å². The van der Waals surface area contributed by atoms with Crippen LogP contribution < -0.4 is 4.90 Å². The summed E-state index contributed by atoms with van der Waals surface area (Å²) in [5.74, 6) is -2.81. The Kier molecular flexibility index (Phi) is 4.00. The molecule has 2 aliphatic heterocycles. The average Bonchev–Trinajstić information content (AvgIpc) is 2.98. The van der Waals surface area contributed by atoms with Crippen molar-refractivity contribution in [2.75, 3.05) is 11.5 Å². The fraction of sp³-hybridized carbons (Fsp3) is 0.158. The van der Waals surface area contributed by atoms with Crippen LogP contribution >= 0.6 is 11.6 Å². The fourth-order valence-electron chi connectivity index (χ4n) is 3.43. The molecule has 0 unspecified atom stereocenters. The van der Waals surface area contributed by atoms with E-state index in [0.29, 0.717) is 11.4 Å². The second-order valence-corrected chi connectivity index (χ2v) is 6.44. The maximum atomic E-state index is 14.4. The molecule has 1 atom stereocenters. The van der Waals surface area contributed by atoms with E-state index >= 15 is 0 Å². The molecule has 0 saturated carbocycles. The van der Waals surface area contributed by atoms with E-state index in [0.717, 1.165) is 0 Å². The lowest BCUT2D eigenvalue weighted by molar-refractivity contribution is -0.136. The molecule has 26 heavy (non-hydrogen) atoms. The normalized spacial score (nSPS) is 19.7. The van der Waals surface area contributed by atoms with Crippen LogP contribution in [0.2, 0.25) is 5.02 Å². The van der Waals surface area contributed by atoms with Crippen molar-refractivity contribution in [2.45, 2.75) is 12.3 Å². The van der Waals surface area contributed by atoms with Crippen molar-refractivity contribution < 1.29 is 23.1 Å². The van der Waals surface area contributed by atoms with Crippen LogP contribution in [0.15, 0.2) is 53.7 Å². The van der Waals surface area contributed by atoms with Crippen LogP contribution in [-0.2, 0) is 14.3 Å². The van der Waals surface area contributed by atoms with Gasteiger partial charge in [0, 0.05) is 28.6 Å². The van der Waals surface area contributed by atoms with E-state index < -0.39 is 23.5 Å². The van der Waals surface area contributed by atoms with E-state index in [9.17, 15) is 18.4 Å². The van der Waals surface area contributed by atoms with Gasteiger partial charge in [-0.1, -0.05) is 17.7 Å². The van der Waals surface area contributed by atoms with E-state index in [2.05, 4.69) is 0 Å². The molecular formula is C19H12ClF2NO3. The number of cyclic esters (lactones) is 1. The van der Waals surface area contributed by atoms with E-state index in [4.69, 9.17) is 16.3 Å². The molecule has 0 N–H and O–H groups in total. The van der Waals surface area contributed by atoms with Crippen molar-refractivity contribution in [1.82, 2.24) is 0 Å². The molecule has 0 aliphatic carbocycles. The van der Waals surface area contributed by atoms with E-state index in [-0.39, 0.29) is 35.1 Å². The minimum Gasteiger partial charge on any atom is -0.456 e. The molecular weight excluding hydrogens is 364 g/mol. The first-order chi connectivity index (χ1) is 12.5. The number of hydrogen-bond acceptors (Lipinski definition) is 3. The number of carbonyl (C=O) groups is 2. The number of nitrogens with zero attached hydrogens (tertiary/aromatic N) is 1. The molecule has 4 nitrogen and oxygen atoms in total. The van der Waals surface area contributed by atoms with E-state index in [1.807, 2.05) is 0 Å². The van der Waals surface area contributed by atoms with Crippen LogP contribution in [-0.4, -0.2) is 18.5 Å². The zero-order valence-corrected chi connectivity index (χ0v) is 14.1. The molecule has 2 heterocycles. The summed E-state index contributed by atoms with van der Waals surface area (Å²) in [6, 6.07) is 9.53. The maximum Gasteiger partial charge on any atom is 0.336 e. The third-order valence-corrected chi connectivity index (χ3v) is 4.88. The second kappa shape index (κ2) is 6.21. The first kappa shape index (κ1) is 16.7. The monoisotopic (exact) mass is 375 g/mol. The Balaban J connectivity index is 1.87. The number of halogens is 3. The zero-order chi connectivity index (χ0) is 18.4. The van der Waals surface area contributed by atoms with Crippen LogP contribution in [0.25, 0.3) is 0 Å². The lowest BCUT2D eigenvalue weighted by atomic mass is 9.83. The van der Waals surface area contributed by atoms with Gasteiger partial charge in [0.05, 0.1) is 11.3 Å². The SMILES string of the molecule is O=C1OCC2=C1[C@@H](c1c(F)cccc1Cl)CC(=O)N2c1ccc(F)cc1. The van der Waals surface area contributed by atoms with Gasteiger partial charge in [-0.15, -0.1) is 0 Å². The van der Waals surface area contributed by atoms with Crippen molar-refractivity contribution >= 4 is 29.2 Å². The van der Waals surface area contributed by atoms with Crippen molar-refractivity contribution in [3.05, 3.63) is 76.0 Å². The minimum atomic E-state index is -0.821. The molecule has 132 valence electrons. The Labute approximate surface area is 152 Å². The van der Waals surface area contributed by atoms with Gasteiger partial charge in [-0.25, -0.2) is 13.6 Å². The Hall–Kier alpha value is -2.73. The van der Waals surface area contributed by atoms with Crippen LogP contribution in [0.5, 0.6) is 0 Å². The molecule has 2 aromatic carbocycles. The largest absolute Gasteiger partial charge is 0.456 e. The van der Waals surface area contributed by atoms with Gasteiger partial charge >= 0.3 is 5.97 Å². The summed E-state index contributed by atoms with van der Waals surface area (Å²) >= 11 is 6.14. The number of amides is 1. The first-order valence-corrected chi connectivity index (χ1v) is 8.27. The number of hydrogen-bond donors (Lipinski definition) is 0. The maximum absolute atomic E-state index is 14.4. The predicted octanol–water partition coefficient (Wildman–Crippen LogP) is 3.95. The van der Waals surface area contributed by atoms with Gasteiger partial charge in [0.2, 0.25) is 5.91 Å². The molecule has 0 aromatic heterocycles. The third kappa shape index (κ3) is 2.57. The summed E-state index contributed by atoms with van der Waals surface area (Å²) in [6.45, 7) is -0.111. The highest BCUT2D eigenvalue weighted by Crippen LogP contribution is 2.44.